The van der Waals surface area contributed by atoms with Gasteiger partial charge in [0, 0.05) is 12.5 Å². The van der Waals surface area contributed by atoms with Crippen LogP contribution in [-0.4, -0.2) is 11.6 Å². The summed E-state index contributed by atoms with van der Waals surface area (Å²) in [4.78, 5) is 22.6. The minimum atomic E-state index is -0.435. The lowest BCUT2D eigenvalue weighted by Gasteiger charge is -2.08. The fraction of sp³-hybridized carbons (Fsp3) is 0.176. The van der Waals surface area contributed by atoms with Crippen molar-refractivity contribution in [2.45, 2.75) is 20.3 Å². The number of benzene rings is 2. The van der Waals surface area contributed by atoms with Crippen LogP contribution in [0, 0.1) is 0 Å². The Labute approximate surface area is 113 Å². The van der Waals surface area contributed by atoms with Gasteiger partial charge < -0.3 is 0 Å². The standard InChI is InChI=1S/C17H16O2/c1-3-13-6-4-5-7-16(13)14-8-10-15(11-9-14)17(19)12(2)18/h4-11H,3H2,1-2H3. The van der Waals surface area contributed by atoms with E-state index in [1.807, 2.05) is 24.3 Å². The van der Waals surface area contributed by atoms with Crippen LogP contribution in [0.15, 0.2) is 48.5 Å². The van der Waals surface area contributed by atoms with E-state index in [1.165, 1.54) is 18.1 Å². The molecule has 96 valence electrons. The van der Waals surface area contributed by atoms with E-state index in [0.717, 1.165) is 12.0 Å². The molecule has 0 unspecified atom stereocenters. The van der Waals surface area contributed by atoms with E-state index in [-0.39, 0.29) is 0 Å². The number of hydrogen-bond acceptors (Lipinski definition) is 2. The van der Waals surface area contributed by atoms with E-state index in [0.29, 0.717) is 5.56 Å². The third-order valence-corrected chi connectivity index (χ3v) is 3.18. The molecule has 19 heavy (non-hydrogen) atoms. The lowest BCUT2D eigenvalue weighted by Crippen LogP contribution is -2.09. The van der Waals surface area contributed by atoms with Crippen molar-refractivity contribution in [3.63, 3.8) is 0 Å². The average Bonchev–Trinajstić information content (AvgIpc) is 2.46. The summed E-state index contributed by atoms with van der Waals surface area (Å²) < 4.78 is 0. The lowest BCUT2D eigenvalue weighted by molar-refractivity contribution is -0.113. The maximum absolute atomic E-state index is 11.6. The van der Waals surface area contributed by atoms with Crippen LogP contribution in [0.4, 0.5) is 0 Å². The average molecular weight is 252 g/mol. The zero-order valence-electron chi connectivity index (χ0n) is 11.1. The highest BCUT2D eigenvalue weighted by Gasteiger charge is 2.11. The van der Waals surface area contributed by atoms with Crippen molar-refractivity contribution in [1.29, 1.82) is 0 Å². The van der Waals surface area contributed by atoms with Gasteiger partial charge in [-0.25, -0.2) is 0 Å². The molecule has 0 bridgehead atoms. The van der Waals surface area contributed by atoms with Gasteiger partial charge in [0.1, 0.15) is 0 Å². The fourth-order valence-corrected chi connectivity index (χ4v) is 2.11. The summed E-state index contributed by atoms with van der Waals surface area (Å²) >= 11 is 0. The third-order valence-electron chi connectivity index (χ3n) is 3.18. The monoisotopic (exact) mass is 252 g/mol. The van der Waals surface area contributed by atoms with Crippen molar-refractivity contribution in [1.82, 2.24) is 0 Å². The summed E-state index contributed by atoms with van der Waals surface area (Å²) in [7, 11) is 0. The van der Waals surface area contributed by atoms with Crippen LogP contribution in [0.5, 0.6) is 0 Å². The Bertz CT molecular complexity index is 609. The summed E-state index contributed by atoms with van der Waals surface area (Å²) in [6, 6.07) is 15.4. The molecule has 0 amide bonds. The van der Waals surface area contributed by atoms with E-state index in [4.69, 9.17) is 0 Å². The molecule has 0 N–H and O–H groups in total. The minimum Gasteiger partial charge on any atom is -0.291 e. The predicted octanol–water partition coefficient (Wildman–Crippen LogP) is 3.69. The Hall–Kier alpha value is -2.22. The van der Waals surface area contributed by atoms with Crippen LogP contribution >= 0.6 is 0 Å². The van der Waals surface area contributed by atoms with Gasteiger partial charge in [0.25, 0.3) is 0 Å². The smallest absolute Gasteiger partial charge is 0.228 e. The van der Waals surface area contributed by atoms with E-state index >= 15 is 0 Å². The molecule has 0 heterocycles. The Kier molecular flexibility index (Phi) is 3.91. The molecule has 0 saturated carbocycles. The molecular weight excluding hydrogens is 236 g/mol. The molecule has 0 fully saturated rings. The summed E-state index contributed by atoms with van der Waals surface area (Å²) in [5, 5.41) is 0. The topological polar surface area (TPSA) is 34.1 Å². The van der Waals surface area contributed by atoms with E-state index in [2.05, 4.69) is 19.1 Å². The summed E-state index contributed by atoms with van der Waals surface area (Å²) in [5.41, 5.74) is 3.96. The number of Topliss-reactive ketones (excluding diaryl/α,β-unsaturated/α-hetero) is 2. The van der Waals surface area contributed by atoms with Crippen LogP contribution in [-0.2, 0) is 11.2 Å². The second-order valence-corrected chi connectivity index (χ2v) is 4.47. The van der Waals surface area contributed by atoms with Crippen molar-refractivity contribution in [3.8, 4) is 11.1 Å². The number of rotatable bonds is 4. The molecule has 2 nitrogen and oxygen atoms in total. The fourth-order valence-electron chi connectivity index (χ4n) is 2.11. The van der Waals surface area contributed by atoms with Crippen molar-refractivity contribution in [2.75, 3.05) is 0 Å². The SMILES string of the molecule is CCc1ccccc1-c1ccc(C(=O)C(C)=O)cc1. The normalized spacial score (nSPS) is 10.2. The molecule has 2 heteroatoms. The van der Waals surface area contributed by atoms with Gasteiger partial charge in [-0.05, 0) is 23.1 Å². The number of aryl methyl sites for hydroxylation is 1. The minimum absolute atomic E-state index is 0.429. The van der Waals surface area contributed by atoms with Gasteiger partial charge in [-0.2, -0.15) is 0 Å². The Morgan fingerprint density at radius 1 is 0.947 bits per heavy atom. The van der Waals surface area contributed by atoms with Crippen LogP contribution in [0.1, 0.15) is 29.8 Å². The molecule has 2 rings (SSSR count). The van der Waals surface area contributed by atoms with Crippen molar-refractivity contribution < 1.29 is 9.59 Å². The Morgan fingerprint density at radius 2 is 1.58 bits per heavy atom. The highest BCUT2D eigenvalue weighted by molar-refractivity contribution is 6.42. The zero-order chi connectivity index (χ0) is 13.8. The third kappa shape index (κ3) is 2.79. The Balaban J connectivity index is 2.38. The molecular formula is C17H16O2. The van der Waals surface area contributed by atoms with E-state index < -0.39 is 11.6 Å². The molecule has 0 radical (unpaired) electrons. The number of hydrogen-bond donors (Lipinski definition) is 0. The molecule has 0 aliphatic rings. The lowest BCUT2D eigenvalue weighted by atomic mass is 9.96. The maximum Gasteiger partial charge on any atom is 0.228 e. The molecule has 2 aromatic carbocycles. The van der Waals surface area contributed by atoms with Crippen molar-refractivity contribution in [2.24, 2.45) is 0 Å². The molecule has 0 saturated heterocycles. The van der Waals surface area contributed by atoms with Gasteiger partial charge in [0.05, 0.1) is 0 Å². The van der Waals surface area contributed by atoms with Crippen LogP contribution < -0.4 is 0 Å². The largest absolute Gasteiger partial charge is 0.291 e. The van der Waals surface area contributed by atoms with Gasteiger partial charge in [-0.3, -0.25) is 9.59 Å². The molecule has 0 atom stereocenters. The number of carbonyl (C=O) groups is 2. The summed E-state index contributed by atoms with van der Waals surface area (Å²) in [6.07, 6.45) is 0.963. The van der Waals surface area contributed by atoms with Crippen LogP contribution in [0.2, 0.25) is 0 Å². The van der Waals surface area contributed by atoms with Crippen molar-refractivity contribution >= 4 is 11.6 Å². The highest BCUT2D eigenvalue weighted by Crippen LogP contribution is 2.24. The first-order valence-corrected chi connectivity index (χ1v) is 6.37. The van der Waals surface area contributed by atoms with Crippen LogP contribution in [0.25, 0.3) is 11.1 Å². The maximum atomic E-state index is 11.6. The first kappa shape index (κ1) is 13.2. The number of carbonyl (C=O) groups excluding carboxylic acids is 2. The predicted molar refractivity (Wildman–Crippen MR) is 76.3 cm³/mol. The molecule has 0 aliphatic heterocycles. The van der Waals surface area contributed by atoms with Gasteiger partial charge in [-0.1, -0.05) is 55.5 Å². The van der Waals surface area contributed by atoms with Gasteiger partial charge >= 0.3 is 0 Å². The first-order valence-electron chi connectivity index (χ1n) is 6.37. The second kappa shape index (κ2) is 5.61. The zero-order valence-corrected chi connectivity index (χ0v) is 11.1. The van der Waals surface area contributed by atoms with Gasteiger partial charge in [-0.15, -0.1) is 0 Å². The summed E-state index contributed by atoms with van der Waals surface area (Å²) in [6.45, 7) is 3.41. The molecule has 0 aliphatic carbocycles. The second-order valence-electron chi connectivity index (χ2n) is 4.47. The van der Waals surface area contributed by atoms with Gasteiger partial charge in [0.2, 0.25) is 5.78 Å². The van der Waals surface area contributed by atoms with E-state index in [9.17, 15) is 9.59 Å². The quantitative estimate of drug-likeness (QED) is 0.614. The number of ketones is 2. The first-order chi connectivity index (χ1) is 9.13. The molecule has 0 spiro atoms. The summed E-state index contributed by atoms with van der Waals surface area (Å²) in [5.74, 6) is -0.864. The van der Waals surface area contributed by atoms with Crippen molar-refractivity contribution in [3.05, 3.63) is 59.7 Å². The van der Waals surface area contributed by atoms with Gasteiger partial charge in [0.15, 0.2) is 5.78 Å². The van der Waals surface area contributed by atoms with Crippen LogP contribution in [0.3, 0.4) is 0 Å². The van der Waals surface area contributed by atoms with E-state index in [1.54, 1.807) is 12.1 Å². The highest BCUT2D eigenvalue weighted by atomic mass is 16.2. The Morgan fingerprint density at radius 3 is 2.16 bits per heavy atom. The molecule has 2 aromatic rings. The molecule has 0 aromatic heterocycles.